The molecule has 0 aliphatic carbocycles. The number of nitrogen functional groups attached to an aromatic ring is 1. The van der Waals surface area contributed by atoms with E-state index in [1.54, 1.807) is 24.9 Å². The minimum atomic E-state index is -5.32. The second-order valence-corrected chi connectivity index (χ2v) is 7.08. The second kappa shape index (κ2) is 8.55. The highest BCUT2D eigenvalue weighted by Crippen LogP contribution is 2.40. The Kier molecular flexibility index (Phi) is 6.19. The van der Waals surface area contributed by atoms with Gasteiger partial charge < -0.3 is 21.3 Å². The number of hydrogen-bond acceptors (Lipinski definition) is 7. The number of aromatic nitrogens is 4. The van der Waals surface area contributed by atoms with Crippen molar-refractivity contribution in [3.05, 3.63) is 47.9 Å². The number of halogens is 3. The van der Waals surface area contributed by atoms with Gasteiger partial charge in [-0.1, -0.05) is 12.1 Å². The Balaban J connectivity index is 2.09. The van der Waals surface area contributed by atoms with Crippen LogP contribution in [0, 0.1) is 6.92 Å². The summed E-state index contributed by atoms with van der Waals surface area (Å²) < 4.78 is 47.1. The molecule has 0 saturated heterocycles. The van der Waals surface area contributed by atoms with Gasteiger partial charge in [0.05, 0.1) is 31.2 Å². The number of aryl methyl sites for hydroxylation is 1. The molecule has 32 heavy (non-hydrogen) atoms. The van der Waals surface area contributed by atoms with Crippen molar-refractivity contribution in [2.24, 2.45) is 5.73 Å². The molecule has 170 valence electrons. The number of carbonyl (C=O) groups excluding carboxylic acids is 1. The molecule has 0 aliphatic rings. The lowest BCUT2D eigenvalue weighted by Crippen LogP contribution is -2.52. The van der Waals surface area contributed by atoms with Crippen LogP contribution in [0.25, 0.3) is 22.5 Å². The number of carbonyl (C=O) groups is 1. The molecule has 1 atom stereocenters. The number of hydrogen-bond donors (Lipinski definition) is 3. The summed E-state index contributed by atoms with van der Waals surface area (Å²) in [5.41, 5.74) is 8.02. The average Bonchev–Trinajstić information content (AvgIpc) is 3.20. The first-order valence-electron chi connectivity index (χ1n) is 9.33. The third-order valence-electron chi connectivity index (χ3n) is 4.93. The van der Waals surface area contributed by atoms with Gasteiger partial charge in [0.15, 0.2) is 0 Å². The van der Waals surface area contributed by atoms with Gasteiger partial charge in [0.1, 0.15) is 11.5 Å². The van der Waals surface area contributed by atoms with Crippen molar-refractivity contribution in [3.8, 4) is 22.5 Å². The van der Waals surface area contributed by atoms with Crippen LogP contribution in [0.3, 0.4) is 0 Å². The van der Waals surface area contributed by atoms with E-state index in [1.807, 2.05) is 0 Å². The van der Waals surface area contributed by atoms with E-state index in [4.69, 9.17) is 16.2 Å². The minimum absolute atomic E-state index is 0.0952. The molecule has 0 bridgehead atoms. The quantitative estimate of drug-likeness (QED) is 0.498. The molecule has 0 saturated carbocycles. The SMILES string of the molecule is COCCn1cc(-c2nc(-c3cc(C(O)(C(N)=O)C(F)(F)F)ccc3C)cnc2N)cn1. The standard InChI is InChI=1S/C20H21F3N6O3/c1-11-3-4-13(19(31,18(25)30)20(21,22)23)7-14(11)15-9-26-17(24)16(28-15)12-8-27-29(10-12)5-6-32-2/h3-4,7-10,31H,5-6H2,1-2H3,(H2,24,26)(H2,25,30). The van der Waals surface area contributed by atoms with E-state index < -0.39 is 23.2 Å². The summed E-state index contributed by atoms with van der Waals surface area (Å²) in [6.07, 6.45) is -0.822. The molecule has 1 amide bonds. The number of ether oxygens (including phenoxy) is 1. The van der Waals surface area contributed by atoms with E-state index in [1.165, 1.54) is 18.5 Å². The van der Waals surface area contributed by atoms with Crippen LogP contribution in [0.1, 0.15) is 11.1 Å². The Hall–Kier alpha value is -3.51. The van der Waals surface area contributed by atoms with E-state index in [2.05, 4.69) is 15.1 Å². The van der Waals surface area contributed by atoms with E-state index in [9.17, 15) is 23.1 Å². The van der Waals surface area contributed by atoms with Crippen molar-refractivity contribution < 1.29 is 27.8 Å². The molecule has 0 fully saturated rings. The van der Waals surface area contributed by atoms with Gasteiger partial charge in [-0.25, -0.2) is 9.97 Å². The molecule has 0 radical (unpaired) electrons. The molecular formula is C20H21F3N6O3. The van der Waals surface area contributed by atoms with Crippen molar-refractivity contribution in [1.29, 1.82) is 0 Å². The first kappa shape index (κ1) is 23.2. The maximum Gasteiger partial charge on any atom is 0.430 e. The van der Waals surface area contributed by atoms with Gasteiger partial charge in [-0.15, -0.1) is 0 Å². The van der Waals surface area contributed by atoms with Gasteiger partial charge in [-0.3, -0.25) is 9.48 Å². The number of aliphatic hydroxyl groups is 1. The number of rotatable bonds is 7. The van der Waals surface area contributed by atoms with Gasteiger partial charge in [0.2, 0.25) is 0 Å². The third-order valence-corrected chi connectivity index (χ3v) is 4.93. The maximum atomic E-state index is 13.5. The lowest BCUT2D eigenvalue weighted by atomic mass is 9.89. The van der Waals surface area contributed by atoms with Crippen molar-refractivity contribution in [2.75, 3.05) is 19.5 Å². The molecule has 12 heteroatoms. The number of nitrogens with two attached hydrogens (primary N) is 2. The Morgan fingerprint density at radius 3 is 2.62 bits per heavy atom. The zero-order chi connectivity index (χ0) is 23.7. The lowest BCUT2D eigenvalue weighted by molar-refractivity contribution is -0.255. The zero-order valence-electron chi connectivity index (χ0n) is 17.2. The van der Waals surface area contributed by atoms with Crippen LogP contribution >= 0.6 is 0 Å². The van der Waals surface area contributed by atoms with E-state index >= 15 is 0 Å². The number of primary amides is 1. The van der Waals surface area contributed by atoms with Crippen LogP contribution in [0.2, 0.25) is 0 Å². The Bertz CT molecular complexity index is 1150. The fourth-order valence-corrected chi connectivity index (χ4v) is 3.10. The highest BCUT2D eigenvalue weighted by molar-refractivity contribution is 5.86. The molecule has 2 aromatic heterocycles. The van der Waals surface area contributed by atoms with Crippen LogP contribution in [0.15, 0.2) is 36.8 Å². The molecule has 0 spiro atoms. The molecule has 2 heterocycles. The average molecular weight is 450 g/mol. The summed E-state index contributed by atoms with van der Waals surface area (Å²) in [6, 6.07) is 3.33. The summed E-state index contributed by atoms with van der Waals surface area (Å²) in [5, 5.41) is 14.3. The predicted octanol–water partition coefficient (Wildman–Crippen LogP) is 1.78. The normalized spacial score (nSPS) is 13.7. The molecule has 3 aromatic rings. The van der Waals surface area contributed by atoms with Crippen molar-refractivity contribution in [2.45, 2.75) is 25.2 Å². The number of anilines is 1. The first-order chi connectivity index (χ1) is 15.0. The van der Waals surface area contributed by atoms with E-state index in [-0.39, 0.29) is 22.8 Å². The molecule has 3 rings (SSSR count). The molecule has 1 unspecified atom stereocenters. The number of methoxy groups -OCH3 is 1. The molecule has 5 N–H and O–H groups in total. The largest absolute Gasteiger partial charge is 0.430 e. The van der Waals surface area contributed by atoms with Crippen LogP contribution in [-0.2, 0) is 21.7 Å². The number of benzene rings is 1. The Morgan fingerprint density at radius 1 is 1.28 bits per heavy atom. The van der Waals surface area contributed by atoms with Crippen molar-refractivity contribution in [1.82, 2.24) is 19.7 Å². The molecule has 9 nitrogen and oxygen atoms in total. The first-order valence-corrected chi connectivity index (χ1v) is 9.33. The number of nitrogens with zero attached hydrogens (tertiary/aromatic N) is 4. The second-order valence-electron chi connectivity index (χ2n) is 7.08. The van der Waals surface area contributed by atoms with Gasteiger partial charge in [-0.2, -0.15) is 18.3 Å². The number of amides is 1. The zero-order valence-corrected chi connectivity index (χ0v) is 17.2. The van der Waals surface area contributed by atoms with Crippen LogP contribution < -0.4 is 11.5 Å². The van der Waals surface area contributed by atoms with E-state index in [0.717, 1.165) is 12.1 Å². The fraction of sp³-hybridized carbons (Fsp3) is 0.300. The van der Waals surface area contributed by atoms with Gasteiger partial charge in [0.25, 0.3) is 11.5 Å². The number of alkyl halides is 3. The molecule has 0 aliphatic heterocycles. The van der Waals surface area contributed by atoms with Crippen molar-refractivity contribution >= 4 is 11.7 Å². The van der Waals surface area contributed by atoms with Gasteiger partial charge in [0, 0.05) is 30.0 Å². The maximum absolute atomic E-state index is 13.5. The highest BCUT2D eigenvalue weighted by Gasteiger charge is 2.60. The van der Waals surface area contributed by atoms with E-state index in [0.29, 0.717) is 24.3 Å². The van der Waals surface area contributed by atoms with Gasteiger partial charge in [-0.05, 0) is 18.6 Å². The summed E-state index contributed by atoms with van der Waals surface area (Å²) in [4.78, 5) is 20.1. The third kappa shape index (κ3) is 4.14. The van der Waals surface area contributed by atoms with Crippen LogP contribution in [0.4, 0.5) is 19.0 Å². The molecule has 1 aromatic carbocycles. The van der Waals surface area contributed by atoms with Crippen LogP contribution in [-0.4, -0.2) is 50.7 Å². The van der Waals surface area contributed by atoms with Crippen molar-refractivity contribution in [3.63, 3.8) is 0 Å². The smallest absolute Gasteiger partial charge is 0.383 e. The monoisotopic (exact) mass is 450 g/mol. The topological polar surface area (TPSA) is 142 Å². The highest BCUT2D eigenvalue weighted by atomic mass is 19.4. The van der Waals surface area contributed by atoms with Gasteiger partial charge >= 0.3 is 6.18 Å². The minimum Gasteiger partial charge on any atom is -0.383 e. The fourth-order valence-electron chi connectivity index (χ4n) is 3.10. The van der Waals surface area contributed by atoms with Crippen LogP contribution in [0.5, 0.6) is 0 Å². The lowest BCUT2D eigenvalue weighted by Gasteiger charge is -2.28. The summed E-state index contributed by atoms with van der Waals surface area (Å²) in [5.74, 6) is -1.84. The summed E-state index contributed by atoms with van der Waals surface area (Å²) >= 11 is 0. The summed E-state index contributed by atoms with van der Waals surface area (Å²) in [6.45, 7) is 2.57. The predicted molar refractivity (Wildman–Crippen MR) is 109 cm³/mol. The Morgan fingerprint density at radius 2 is 2.00 bits per heavy atom. The Labute approximate surface area is 180 Å². The summed E-state index contributed by atoms with van der Waals surface area (Å²) in [7, 11) is 1.56. The molecular weight excluding hydrogens is 429 g/mol.